The summed E-state index contributed by atoms with van der Waals surface area (Å²) in [6, 6.07) is 6.18. The maximum atomic E-state index is 14.1. The van der Waals surface area contributed by atoms with Crippen molar-refractivity contribution in [2.75, 3.05) is 4.90 Å². The Bertz CT molecular complexity index is 937. The van der Waals surface area contributed by atoms with Gasteiger partial charge in [0, 0.05) is 24.0 Å². The third kappa shape index (κ3) is 3.63. The van der Waals surface area contributed by atoms with Gasteiger partial charge in [-0.3, -0.25) is 14.8 Å². The zero-order valence-corrected chi connectivity index (χ0v) is 15.6. The Kier molecular flexibility index (Phi) is 4.73. The number of anilines is 2. The molecule has 0 radical (unpaired) electrons. The number of benzene rings is 1. The molecule has 1 fully saturated rings. The lowest BCUT2D eigenvalue weighted by molar-refractivity contribution is -0.115. The van der Waals surface area contributed by atoms with E-state index < -0.39 is 5.82 Å². The standard InChI is InChI=1S/C17H16FN5OS2/c1-10(24)23(14-5-3-2-4-13(14)18)17-19-12(9-26-17)8-25-16-20-15(21-22-16)11-6-7-11/h2-5,9,11H,6-8H2,1H3,(H,20,21,22). The molecule has 0 bridgehead atoms. The number of halogens is 1. The smallest absolute Gasteiger partial charge is 0.230 e. The zero-order chi connectivity index (χ0) is 18.1. The molecule has 0 unspecified atom stereocenters. The van der Waals surface area contributed by atoms with Crippen molar-refractivity contribution in [1.29, 1.82) is 0 Å². The maximum Gasteiger partial charge on any atom is 0.230 e. The predicted molar refractivity (Wildman–Crippen MR) is 99.3 cm³/mol. The monoisotopic (exact) mass is 389 g/mol. The van der Waals surface area contributed by atoms with Crippen LogP contribution in [0.1, 0.15) is 37.2 Å². The highest BCUT2D eigenvalue weighted by Crippen LogP contribution is 2.38. The topological polar surface area (TPSA) is 74.8 Å². The first kappa shape index (κ1) is 17.2. The van der Waals surface area contributed by atoms with Crippen LogP contribution < -0.4 is 4.90 Å². The molecule has 6 nitrogen and oxygen atoms in total. The first-order valence-corrected chi connectivity index (χ1v) is 10.0. The van der Waals surface area contributed by atoms with E-state index in [1.54, 1.807) is 18.2 Å². The quantitative estimate of drug-likeness (QED) is 0.638. The van der Waals surface area contributed by atoms with E-state index in [0.717, 1.165) is 11.5 Å². The molecule has 1 aromatic carbocycles. The van der Waals surface area contributed by atoms with Crippen LogP contribution in [0.15, 0.2) is 34.8 Å². The van der Waals surface area contributed by atoms with Crippen molar-refractivity contribution in [3.63, 3.8) is 0 Å². The number of carbonyl (C=O) groups is 1. The molecule has 0 aliphatic heterocycles. The summed E-state index contributed by atoms with van der Waals surface area (Å²) in [4.78, 5) is 22.3. The predicted octanol–water partition coefficient (Wildman–Crippen LogP) is 4.25. The van der Waals surface area contributed by atoms with Crippen LogP contribution in [0.25, 0.3) is 0 Å². The second kappa shape index (κ2) is 7.16. The molecule has 1 aliphatic carbocycles. The molecule has 1 amide bonds. The van der Waals surface area contributed by atoms with Crippen molar-refractivity contribution in [2.24, 2.45) is 0 Å². The lowest BCUT2D eigenvalue weighted by Gasteiger charge is -2.18. The van der Waals surface area contributed by atoms with Crippen molar-refractivity contribution in [2.45, 2.75) is 36.6 Å². The Morgan fingerprint density at radius 2 is 2.19 bits per heavy atom. The minimum atomic E-state index is -0.456. The number of hydrogen-bond acceptors (Lipinski definition) is 6. The van der Waals surface area contributed by atoms with Gasteiger partial charge in [-0.05, 0) is 25.0 Å². The lowest BCUT2D eigenvalue weighted by atomic mass is 10.3. The van der Waals surface area contributed by atoms with Crippen molar-refractivity contribution >= 4 is 39.8 Å². The Hall–Kier alpha value is -2.26. The minimum absolute atomic E-state index is 0.205. The molecule has 3 aromatic rings. The fraction of sp³-hybridized carbons (Fsp3) is 0.294. The van der Waals surface area contributed by atoms with Gasteiger partial charge in [0.15, 0.2) is 5.13 Å². The fourth-order valence-electron chi connectivity index (χ4n) is 2.51. The van der Waals surface area contributed by atoms with Crippen molar-refractivity contribution in [3.05, 3.63) is 47.0 Å². The van der Waals surface area contributed by atoms with Gasteiger partial charge in [0.25, 0.3) is 0 Å². The van der Waals surface area contributed by atoms with Crippen molar-refractivity contribution in [3.8, 4) is 0 Å². The number of amides is 1. The summed E-state index contributed by atoms with van der Waals surface area (Å²) in [6.07, 6.45) is 2.34. The number of carbonyl (C=O) groups excluding carboxylic acids is 1. The maximum absolute atomic E-state index is 14.1. The number of aromatic nitrogens is 4. The molecule has 26 heavy (non-hydrogen) atoms. The molecule has 2 aromatic heterocycles. The summed E-state index contributed by atoms with van der Waals surface area (Å²) < 4.78 is 14.1. The molecule has 134 valence electrons. The molecule has 1 N–H and O–H groups in total. The van der Waals surface area contributed by atoms with Crippen LogP contribution >= 0.6 is 23.1 Å². The van der Waals surface area contributed by atoms with Gasteiger partial charge in [-0.1, -0.05) is 23.9 Å². The van der Waals surface area contributed by atoms with Crippen LogP contribution in [-0.4, -0.2) is 26.1 Å². The second-order valence-electron chi connectivity index (χ2n) is 5.99. The number of para-hydroxylation sites is 1. The zero-order valence-electron chi connectivity index (χ0n) is 14.0. The van der Waals surface area contributed by atoms with Gasteiger partial charge < -0.3 is 0 Å². The molecule has 0 atom stereocenters. The molecular formula is C17H16FN5OS2. The fourth-order valence-corrected chi connectivity index (χ4v) is 4.19. The highest BCUT2D eigenvalue weighted by atomic mass is 32.2. The lowest BCUT2D eigenvalue weighted by Crippen LogP contribution is -2.23. The average Bonchev–Trinajstić information content (AvgIpc) is 3.18. The highest BCUT2D eigenvalue weighted by Gasteiger charge is 2.27. The van der Waals surface area contributed by atoms with E-state index in [1.807, 2.05) is 5.38 Å². The molecule has 2 heterocycles. The Labute approximate surface area is 157 Å². The number of rotatable bonds is 6. The third-order valence-corrected chi connectivity index (χ3v) is 5.69. The summed E-state index contributed by atoms with van der Waals surface area (Å²) >= 11 is 2.80. The SMILES string of the molecule is CC(=O)N(c1nc(CSc2n[nH]c(C3CC3)n2)cs1)c1ccccc1F. The number of thioether (sulfide) groups is 1. The third-order valence-electron chi connectivity index (χ3n) is 3.93. The number of thiazole rings is 1. The molecule has 0 spiro atoms. The number of nitrogens with one attached hydrogen (secondary N) is 1. The summed E-state index contributed by atoms with van der Waals surface area (Å²) in [5, 5.41) is 10.2. The van der Waals surface area contributed by atoms with Crippen LogP contribution in [0.4, 0.5) is 15.2 Å². The van der Waals surface area contributed by atoms with E-state index in [0.29, 0.717) is 22.0 Å². The van der Waals surface area contributed by atoms with E-state index in [-0.39, 0.29) is 11.6 Å². The number of hydrogen-bond donors (Lipinski definition) is 1. The number of H-pyrrole nitrogens is 1. The van der Waals surface area contributed by atoms with Gasteiger partial charge >= 0.3 is 0 Å². The van der Waals surface area contributed by atoms with Gasteiger partial charge in [0.05, 0.1) is 11.4 Å². The van der Waals surface area contributed by atoms with Crippen LogP contribution in [-0.2, 0) is 10.5 Å². The second-order valence-corrected chi connectivity index (χ2v) is 7.77. The molecule has 9 heteroatoms. The number of aromatic amines is 1. The largest absolute Gasteiger partial charge is 0.274 e. The van der Waals surface area contributed by atoms with E-state index >= 15 is 0 Å². The van der Waals surface area contributed by atoms with E-state index in [9.17, 15) is 9.18 Å². The normalized spacial score (nSPS) is 13.8. The van der Waals surface area contributed by atoms with Crippen LogP contribution in [0, 0.1) is 5.82 Å². The van der Waals surface area contributed by atoms with E-state index in [4.69, 9.17) is 0 Å². The van der Waals surface area contributed by atoms with Gasteiger partial charge in [-0.2, -0.15) is 0 Å². The molecule has 4 rings (SSSR count). The van der Waals surface area contributed by atoms with Gasteiger partial charge in [-0.25, -0.2) is 14.4 Å². The van der Waals surface area contributed by atoms with E-state index in [1.165, 1.54) is 53.8 Å². The molecule has 0 saturated heterocycles. The minimum Gasteiger partial charge on any atom is -0.274 e. The Morgan fingerprint density at radius 3 is 2.92 bits per heavy atom. The van der Waals surface area contributed by atoms with Crippen molar-refractivity contribution in [1.82, 2.24) is 20.2 Å². The van der Waals surface area contributed by atoms with E-state index in [2.05, 4.69) is 20.2 Å². The summed E-state index contributed by atoms with van der Waals surface area (Å²) in [5.74, 6) is 1.33. The first-order valence-electron chi connectivity index (χ1n) is 8.16. The average molecular weight is 389 g/mol. The van der Waals surface area contributed by atoms with Crippen LogP contribution in [0.3, 0.4) is 0 Å². The summed E-state index contributed by atoms with van der Waals surface area (Å²) in [7, 11) is 0. The first-order chi connectivity index (χ1) is 12.6. The van der Waals surface area contributed by atoms with Crippen LogP contribution in [0.5, 0.6) is 0 Å². The Balaban J connectivity index is 1.48. The molecule has 1 aliphatic rings. The summed E-state index contributed by atoms with van der Waals surface area (Å²) in [5.41, 5.74) is 1.01. The molecular weight excluding hydrogens is 373 g/mol. The summed E-state index contributed by atoms with van der Waals surface area (Å²) in [6.45, 7) is 1.40. The van der Waals surface area contributed by atoms with Crippen LogP contribution in [0.2, 0.25) is 0 Å². The Morgan fingerprint density at radius 1 is 1.38 bits per heavy atom. The number of nitrogens with zero attached hydrogens (tertiary/aromatic N) is 4. The van der Waals surface area contributed by atoms with Gasteiger partial charge in [0.2, 0.25) is 11.1 Å². The van der Waals surface area contributed by atoms with Crippen molar-refractivity contribution < 1.29 is 9.18 Å². The van der Waals surface area contributed by atoms with Gasteiger partial charge in [-0.15, -0.1) is 16.4 Å². The highest BCUT2D eigenvalue weighted by molar-refractivity contribution is 7.98. The van der Waals surface area contributed by atoms with Gasteiger partial charge in [0.1, 0.15) is 11.6 Å². The molecule has 1 saturated carbocycles.